The fourth-order valence-corrected chi connectivity index (χ4v) is 6.19. The molecule has 2 aliphatic heterocycles. The van der Waals surface area contributed by atoms with E-state index in [1.807, 2.05) is 4.90 Å². The number of esters is 3. The molecule has 0 N–H and O–H groups in total. The molecule has 3 saturated carbocycles. The number of morpholine rings is 1. The molecule has 0 spiro atoms. The van der Waals surface area contributed by atoms with Crippen LogP contribution in [0.3, 0.4) is 0 Å². The number of hydrogen-bond acceptors (Lipinski definition) is 8. The van der Waals surface area contributed by atoms with Gasteiger partial charge in [-0.25, -0.2) is 0 Å². The van der Waals surface area contributed by atoms with Crippen LogP contribution in [0.25, 0.3) is 0 Å². The Kier molecular flexibility index (Phi) is 5.05. The molecule has 8 heteroatoms. The number of hydrogen-bond donors (Lipinski definition) is 0. The summed E-state index contributed by atoms with van der Waals surface area (Å²) in [6, 6.07) is 0. The Morgan fingerprint density at radius 3 is 2.57 bits per heavy atom. The predicted molar refractivity (Wildman–Crippen MR) is 103 cm³/mol. The van der Waals surface area contributed by atoms with Crippen LogP contribution >= 0.6 is 0 Å². The zero-order chi connectivity index (χ0) is 21.0. The highest BCUT2D eigenvalue weighted by molar-refractivity contribution is 5.86. The van der Waals surface area contributed by atoms with Crippen LogP contribution in [0, 0.1) is 29.6 Å². The number of rotatable bonds is 6. The highest BCUT2D eigenvalue weighted by Gasteiger charge is 2.70. The molecule has 5 rings (SSSR count). The lowest BCUT2D eigenvalue weighted by atomic mass is 9.72. The van der Waals surface area contributed by atoms with Gasteiger partial charge in [-0.1, -0.05) is 13.8 Å². The third-order valence-electron chi connectivity index (χ3n) is 8.10. The SMILES string of the molecule is CC(C)C1(OC(=O)C2C3CC4C(OC(=O)C42)C3OC(=O)CN2CCOCC2)CCC1. The van der Waals surface area contributed by atoms with E-state index in [0.29, 0.717) is 32.7 Å². The van der Waals surface area contributed by atoms with Crippen LogP contribution in [0.5, 0.6) is 0 Å². The Hall–Kier alpha value is -1.67. The van der Waals surface area contributed by atoms with Gasteiger partial charge in [-0.15, -0.1) is 0 Å². The predicted octanol–water partition coefficient (Wildman–Crippen LogP) is 1.16. The molecule has 0 aromatic carbocycles. The largest absolute Gasteiger partial charge is 0.459 e. The normalized spacial score (nSPS) is 39.0. The van der Waals surface area contributed by atoms with Gasteiger partial charge in [0.2, 0.25) is 0 Å². The van der Waals surface area contributed by atoms with E-state index in [0.717, 1.165) is 19.3 Å². The van der Waals surface area contributed by atoms with Crippen molar-refractivity contribution in [2.45, 2.75) is 57.3 Å². The minimum Gasteiger partial charge on any atom is -0.459 e. The third kappa shape index (κ3) is 3.14. The summed E-state index contributed by atoms with van der Waals surface area (Å²) in [6.07, 6.45) is 2.48. The Balaban J connectivity index is 1.29. The minimum atomic E-state index is -0.571. The molecule has 2 bridgehead atoms. The summed E-state index contributed by atoms with van der Waals surface area (Å²) in [5.41, 5.74) is -0.413. The molecule has 2 saturated heterocycles. The van der Waals surface area contributed by atoms with Crippen LogP contribution in [0.1, 0.15) is 39.5 Å². The van der Waals surface area contributed by atoms with Crippen LogP contribution in [-0.2, 0) is 33.3 Å². The molecule has 5 aliphatic rings. The average molecular weight is 421 g/mol. The summed E-state index contributed by atoms with van der Waals surface area (Å²) in [5, 5.41) is 0. The first-order valence-electron chi connectivity index (χ1n) is 11.3. The molecule has 0 aromatic heterocycles. The van der Waals surface area contributed by atoms with Gasteiger partial charge in [0.25, 0.3) is 0 Å². The van der Waals surface area contributed by atoms with E-state index in [9.17, 15) is 14.4 Å². The van der Waals surface area contributed by atoms with Crippen molar-refractivity contribution in [1.29, 1.82) is 0 Å². The smallest absolute Gasteiger partial charge is 0.320 e. The lowest BCUT2D eigenvalue weighted by molar-refractivity contribution is -0.189. The first-order valence-corrected chi connectivity index (χ1v) is 11.3. The van der Waals surface area contributed by atoms with E-state index < -0.39 is 29.6 Å². The van der Waals surface area contributed by atoms with Gasteiger partial charge >= 0.3 is 17.9 Å². The van der Waals surface area contributed by atoms with Gasteiger partial charge in [-0.2, -0.15) is 0 Å². The number of fused-ring (bicyclic) bond motifs is 1. The molecule has 0 aromatic rings. The second-order valence-electron chi connectivity index (χ2n) is 9.85. The lowest BCUT2D eigenvalue weighted by Crippen LogP contribution is -2.51. The minimum absolute atomic E-state index is 0.0578. The van der Waals surface area contributed by atoms with E-state index in [-0.39, 0.29) is 42.2 Å². The van der Waals surface area contributed by atoms with E-state index in [4.69, 9.17) is 18.9 Å². The maximum Gasteiger partial charge on any atom is 0.320 e. The van der Waals surface area contributed by atoms with E-state index in [2.05, 4.69) is 13.8 Å². The van der Waals surface area contributed by atoms with Gasteiger partial charge in [0.15, 0.2) is 0 Å². The highest BCUT2D eigenvalue weighted by Crippen LogP contribution is 2.59. The number of nitrogens with zero attached hydrogens (tertiary/aromatic N) is 1. The average Bonchev–Trinajstić information content (AvgIpc) is 3.28. The second kappa shape index (κ2) is 7.48. The fourth-order valence-electron chi connectivity index (χ4n) is 6.19. The number of carbonyl (C=O) groups excluding carboxylic acids is 3. The Labute approximate surface area is 176 Å². The van der Waals surface area contributed by atoms with Crippen molar-refractivity contribution in [2.24, 2.45) is 29.6 Å². The van der Waals surface area contributed by atoms with Crippen LogP contribution in [0.15, 0.2) is 0 Å². The van der Waals surface area contributed by atoms with Gasteiger partial charge in [-0.3, -0.25) is 19.3 Å². The van der Waals surface area contributed by atoms with Crippen molar-refractivity contribution in [2.75, 3.05) is 32.8 Å². The quantitative estimate of drug-likeness (QED) is 0.466. The summed E-state index contributed by atoms with van der Waals surface area (Å²) < 4.78 is 22.8. The van der Waals surface area contributed by atoms with Crippen LogP contribution < -0.4 is 0 Å². The van der Waals surface area contributed by atoms with Crippen LogP contribution in [0.2, 0.25) is 0 Å². The molecule has 3 aliphatic carbocycles. The molecule has 30 heavy (non-hydrogen) atoms. The molecule has 6 unspecified atom stereocenters. The standard InChI is InChI=1S/C22H31NO7/c1-12(2)22(4-3-5-22)30-21(26)17-14-10-13-16(17)20(25)29-19(13)18(14)28-15(24)11-23-6-8-27-9-7-23/h12-14,16-19H,3-11H2,1-2H3. The van der Waals surface area contributed by atoms with Crippen molar-refractivity contribution < 1.29 is 33.3 Å². The van der Waals surface area contributed by atoms with Crippen molar-refractivity contribution in [1.82, 2.24) is 4.90 Å². The monoisotopic (exact) mass is 421 g/mol. The van der Waals surface area contributed by atoms with Gasteiger partial charge in [0, 0.05) is 24.9 Å². The van der Waals surface area contributed by atoms with Crippen molar-refractivity contribution in [3.63, 3.8) is 0 Å². The van der Waals surface area contributed by atoms with Gasteiger partial charge in [0.05, 0.1) is 31.6 Å². The first kappa shape index (κ1) is 20.2. The van der Waals surface area contributed by atoms with Crippen LogP contribution in [0.4, 0.5) is 0 Å². The number of carbonyl (C=O) groups is 3. The molecule has 0 amide bonds. The Morgan fingerprint density at radius 1 is 1.20 bits per heavy atom. The molecule has 5 fully saturated rings. The Morgan fingerprint density at radius 2 is 1.93 bits per heavy atom. The van der Waals surface area contributed by atoms with Crippen molar-refractivity contribution in [3.05, 3.63) is 0 Å². The Bertz CT molecular complexity index is 727. The summed E-state index contributed by atoms with van der Waals surface area (Å²) in [7, 11) is 0. The molecular weight excluding hydrogens is 390 g/mol. The molecule has 8 nitrogen and oxygen atoms in total. The van der Waals surface area contributed by atoms with Crippen molar-refractivity contribution >= 4 is 17.9 Å². The highest BCUT2D eigenvalue weighted by atomic mass is 16.6. The fraction of sp³-hybridized carbons (Fsp3) is 0.864. The zero-order valence-electron chi connectivity index (χ0n) is 17.7. The summed E-state index contributed by atoms with van der Waals surface area (Å²) in [5.74, 6) is -2.04. The molecule has 6 atom stereocenters. The lowest BCUT2D eigenvalue weighted by Gasteiger charge is -2.45. The maximum absolute atomic E-state index is 13.2. The van der Waals surface area contributed by atoms with Crippen molar-refractivity contribution in [3.8, 4) is 0 Å². The first-order chi connectivity index (χ1) is 14.4. The third-order valence-corrected chi connectivity index (χ3v) is 8.10. The molecule has 166 valence electrons. The molecule has 2 heterocycles. The summed E-state index contributed by atoms with van der Waals surface area (Å²) in [6.45, 7) is 6.93. The van der Waals surface area contributed by atoms with E-state index in [1.54, 1.807) is 0 Å². The molecule has 0 radical (unpaired) electrons. The molecular formula is C22H31NO7. The van der Waals surface area contributed by atoms with Gasteiger partial charge in [-0.05, 0) is 31.6 Å². The maximum atomic E-state index is 13.2. The topological polar surface area (TPSA) is 91.4 Å². The van der Waals surface area contributed by atoms with E-state index in [1.165, 1.54) is 0 Å². The summed E-state index contributed by atoms with van der Waals surface area (Å²) >= 11 is 0. The van der Waals surface area contributed by atoms with Gasteiger partial charge in [0.1, 0.15) is 17.8 Å². The zero-order valence-corrected chi connectivity index (χ0v) is 17.7. The number of ether oxygens (including phenoxy) is 4. The second-order valence-corrected chi connectivity index (χ2v) is 9.85. The summed E-state index contributed by atoms with van der Waals surface area (Å²) in [4.78, 5) is 40.4. The van der Waals surface area contributed by atoms with Crippen LogP contribution in [-0.4, -0.2) is 73.5 Å². The van der Waals surface area contributed by atoms with E-state index >= 15 is 0 Å². The van der Waals surface area contributed by atoms with Gasteiger partial charge < -0.3 is 18.9 Å².